The monoisotopic (exact) mass is 240 g/mol. The third-order valence-corrected chi connectivity index (χ3v) is 3.66. The number of benzene rings is 1. The molecule has 88 valence electrons. The summed E-state index contributed by atoms with van der Waals surface area (Å²) in [6.45, 7) is 3.82. The maximum absolute atomic E-state index is 11.4. The van der Waals surface area contributed by atoms with Crippen LogP contribution in [0.4, 0.5) is 0 Å². The van der Waals surface area contributed by atoms with Gasteiger partial charge in [-0.25, -0.2) is 0 Å². The van der Waals surface area contributed by atoms with Crippen LogP contribution in [-0.4, -0.2) is 11.1 Å². The van der Waals surface area contributed by atoms with Crippen molar-refractivity contribution in [2.75, 3.05) is 0 Å². The van der Waals surface area contributed by atoms with Gasteiger partial charge in [-0.1, -0.05) is 43.6 Å². The largest absolute Gasteiger partial charge is 0.481 e. The minimum atomic E-state index is -0.739. The molecule has 16 heavy (non-hydrogen) atoms. The van der Waals surface area contributed by atoms with Crippen molar-refractivity contribution >= 4 is 17.6 Å². The Labute approximate surface area is 101 Å². The van der Waals surface area contributed by atoms with Gasteiger partial charge in [0.05, 0.1) is 5.41 Å². The smallest absolute Gasteiger partial charge is 0.309 e. The average molecular weight is 241 g/mol. The van der Waals surface area contributed by atoms with Gasteiger partial charge in [0.1, 0.15) is 0 Å². The van der Waals surface area contributed by atoms with Gasteiger partial charge in [0.2, 0.25) is 0 Å². The molecule has 0 radical (unpaired) electrons. The zero-order valence-electron chi connectivity index (χ0n) is 9.66. The summed E-state index contributed by atoms with van der Waals surface area (Å²) in [5.41, 5.74) is 0.223. The van der Waals surface area contributed by atoms with Gasteiger partial charge >= 0.3 is 5.97 Å². The Balaban J connectivity index is 3.01. The highest BCUT2D eigenvalue weighted by molar-refractivity contribution is 6.31. The lowest BCUT2D eigenvalue weighted by Gasteiger charge is -2.27. The Morgan fingerprint density at radius 1 is 1.31 bits per heavy atom. The highest BCUT2D eigenvalue weighted by Crippen LogP contribution is 2.33. The molecule has 0 unspecified atom stereocenters. The molecule has 1 aromatic rings. The van der Waals surface area contributed by atoms with Crippen LogP contribution in [0.25, 0.3) is 0 Å². The maximum Gasteiger partial charge on any atom is 0.309 e. The summed E-state index contributed by atoms with van der Waals surface area (Å²) >= 11 is 6.06. The van der Waals surface area contributed by atoms with E-state index >= 15 is 0 Å². The number of hydrogen-bond donors (Lipinski definition) is 1. The first-order valence-electron chi connectivity index (χ1n) is 5.52. The van der Waals surface area contributed by atoms with E-state index in [-0.39, 0.29) is 0 Å². The van der Waals surface area contributed by atoms with E-state index in [1.807, 2.05) is 32.0 Å². The highest BCUT2D eigenvalue weighted by Gasteiger charge is 2.35. The van der Waals surface area contributed by atoms with Crippen molar-refractivity contribution in [1.82, 2.24) is 0 Å². The number of carboxylic acids is 1. The van der Waals surface area contributed by atoms with E-state index in [0.717, 1.165) is 5.56 Å². The van der Waals surface area contributed by atoms with Crippen molar-refractivity contribution < 1.29 is 9.90 Å². The average Bonchev–Trinajstić information content (AvgIpc) is 2.28. The number of aliphatic carboxylic acids is 1. The lowest BCUT2D eigenvalue weighted by Crippen LogP contribution is -2.32. The summed E-state index contributed by atoms with van der Waals surface area (Å²) in [5, 5.41) is 9.98. The Kier molecular flexibility index (Phi) is 4.36. The molecule has 0 amide bonds. The molecule has 0 aliphatic carbocycles. The Bertz CT molecular complexity index is 370. The summed E-state index contributed by atoms with van der Waals surface area (Å²) in [5.74, 6) is -0.739. The fraction of sp³-hybridized carbons (Fsp3) is 0.462. The molecule has 0 aromatic heterocycles. The summed E-state index contributed by atoms with van der Waals surface area (Å²) < 4.78 is 0. The van der Waals surface area contributed by atoms with Crippen molar-refractivity contribution in [3.63, 3.8) is 0 Å². The Morgan fingerprint density at radius 3 is 2.31 bits per heavy atom. The van der Waals surface area contributed by atoms with Crippen molar-refractivity contribution in [3.05, 3.63) is 34.9 Å². The van der Waals surface area contributed by atoms with Crippen LogP contribution in [0.2, 0.25) is 5.02 Å². The van der Waals surface area contributed by atoms with Gasteiger partial charge in [0.15, 0.2) is 0 Å². The minimum absolute atomic E-state index is 0.495. The molecular formula is C13H17ClO2. The highest BCUT2D eigenvalue weighted by atomic mass is 35.5. The van der Waals surface area contributed by atoms with E-state index in [9.17, 15) is 9.90 Å². The summed E-state index contributed by atoms with van der Waals surface area (Å²) in [6, 6.07) is 7.44. The number of halogens is 1. The van der Waals surface area contributed by atoms with Crippen LogP contribution in [0.3, 0.4) is 0 Å². The molecule has 0 bridgehead atoms. The molecule has 3 heteroatoms. The lowest BCUT2D eigenvalue weighted by atomic mass is 9.77. The Morgan fingerprint density at radius 2 is 1.88 bits per heavy atom. The maximum atomic E-state index is 11.4. The minimum Gasteiger partial charge on any atom is -0.481 e. The van der Waals surface area contributed by atoms with Gasteiger partial charge in [-0.15, -0.1) is 0 Å². The van der Waals surface area contributed by atoms with E-state index in [1.54, 1.807) is 6.07 Å². The van der Waals surface area contributed by atoms with E-state index in [4.69, 9.17) is 11.6 Å². The first-order chi connectivity index (χ1) is 7.55. The molecule has 0 heterocycles. The molecule has 0 saturated carbocycles. The molecule has 1 rings (SSSR count). The zero-order valence-corrected chi connectivity index (χ0v) is 10.4. The van der Waals surface area contributed by atoms with Gasteiger partial charge in [-0.05, 0) is 30.9 Å². The second kappa shape index (κ2) is 5.35. The second-order valence-electron chi connectivity index (χ2n) is 4.06. The summed E-state index contributed by atoms with van der Waals surface area (Å²) in [7, 11) is 0. The SMILES string of the molecule is CCC(CC)(Cc1ccccc1Cl)C(=O)O. The van der Waals surface area contributed by atoms with Crippen LogP contribution in [0, 0.1) is 5.41 Å². The van der Waals surface area contributed by atoms with Gasteiger partial charge in [0, 0.05) is 5.02 Å². The first kappa shape index (κ1) is 13.0. The predicted octanol–water partition coefficient (Wildman–Crippen LogP) is 3.77. The molecular weight excluding hydrogens is 224 g/mol. The number of carboxylic acid groups (broad SMARTS) is 1. The molecule has 1 aromatic carbocycles. The number of rotatable bonds is 5. The van der Waals surface area contributed by atoms with E-state index in [1.165, 1.54) is 0 Å². The first-order valence-corrected chi connectivity index (χ1v) is 5.90. The fourth-order valence-corrected chi connectivity index (χ4v) is 2.09. The van der Waals surface area contributed by atoms with Crippen LogP contribution >= 0.6 is 11.6 Å². The number of carbonyl (C=O) groups is 1. The van der Waals surface area contributed by atoms with Gasteiger partial charge in [-0.2, -0.15) is 0 Å². The number of hydrogen-bond acceptors (Lipinski definition) is 1. The van der Waals surface area contributed by atoms with Crippen molar-refractivity contribution in [2.24, 2.45) is 5.41 Å². The molecule has 0 aliphatic heterocycles. The van der Waals surface area contributed by atoms with Crippen LogP contribution in [-0.2, 0) is 11.2 Å². The lowest BCUT2D eigenvalue weighted by molar-refractivity contribution is -0.149. The molecule has 0 aliphatic rings. The van der Waals surface area contributed by atoms with Crippen LogP contribution < -0.4 is 0 Å². The van der Waals surface area contributed by atoms with Gasteiger partial charge in [-0.3, -0.25) is 4.79 Å². The third kappa shape index (κ3) is 2.56. The standard InChI is InChI=1S/C13H17ClO2/c1-3-13(4-2,12(15)16)9-10-7-5-6-8-11(10)14/h5-8H,3-4,9H2,1-2H3,(H,15,16). The van der Waals surface area contributed by atoms with Crippen LogP contribution in [0.15, 0.2) is 24.3 Å². The Hall–Kier alpha value is -1.02. The van der Waals surface area contributed by atoms with Crippen LogP contribution in [0.5, 0.6) is 0 Å². The van der Waals surface area contributed by atoms with Gasteiger partial charge in [0.25, 0.3) is 0 Å². The summed E-state index contributed by atoms with van der Waals surface area (Å²) in [6.07, 6.45) is 1.73. The topological polar surface area (TPSA) is 37.3 Å². The molecule has 0 saturated heterocycles. The zero-order chi connectivity index (χ0) is 12.2. The predicted molar refractivity (Wildman–Crippen MR) is 65.8 cm³/mol. The third-order valence-electron chi connectivity index (χ3n) is 3.29. The van der Waals surface area contributed by atoms with Crippen molar-refractivity contribution in [2.45, 2.75) is 33.1 Å². The molecule has 1 N–H and O–H groups in total. The quantitative estimate of drug-likeness (QED) is 0.851. The van der Waals surface area contributed by atoms with E-state index in [0.29, 0.717) is 24.3 Å². The molecule has 2 nitrogen and oxygen atoms in total. The molecule has 0 atom stereocenters. The second-order valence-corrected chi connectivity index (χ2v) is 4.47. The van der Waals surface area contributed by atoms with Crippen molar-refractivity contribution in [3.8, 4) is 0 Å². The normalized spacial score (nSPS) is 11.4. The van der Waals surface area contributed by atoms with Crippen molar-refractivity contribution in [1.29, 1.82) is 0 Å². The van der Waals surface area contributed by atoms with Crippen LogP contribution in [0.1, 0.15) is 32.3 Å². The van der Waals surface area contributed by atoms with E-state index < -0.39 is 11.4 Å². The summed E-state index contributed by atoms with van der Waals surface area (Å²) in [4.78, 5) is 11.4. The van der Waals surface area contributed by atoms with E-state index in [2.05, 4.69) is 0 Å². The van der Waals surface area contributed by atoms with Gasteiger partial charge < -0.3 is 5.11 Å². The fourth-order valence-electron chi connectivity index (χ4n) is 1.88. The molecule has 0 fully saturated rings. The molecule has 0 spiro atoms.